The van der Waals surface area contributed by atoms with Gasteiger partial charge in [-0.25, -0.2) is 0 Å². The molecule has 0 aliphatic heterocycles. The minimum Gasteiger partial charge on any atom is -0.399 e. The van der Waals surface area contributed by atoms with Gasteiger partial charge in [-0.05, 0) is 42.3 Å². The van der Waals surface area contributed by atoms with Crippen molar-refractivity contribution in [3.8, 4) is 0 Å². The molecular formula is C15H17N3O. The Kier molecular flexibility index (Phi) is 3.71. The van der Waals surface area contributed by atoms with Gasteiger partial charge in [0.15, 0.2) is 0 Å². The third kappa shape index (κ3) is 3.25. The van der Waals surface area contributed by atoms with E-state index in [1.165, 1.54) is 0 Å². The van der Waals surface area contributed by atoms with Crippen LogP contribution in [-0.2, 0) is 6.54 Å². The average Bonchev–Trinajstić information content (AvgIpc) is 2.36. The zero-order chi connectivity index (χ0) is 13.8. The van der Waals surface area contributed by atoms with Crippen molar-refractivity contribution in [3.63, 3.8) is 0 Å². The van der Waals surface area contributed by atoms with Crippen LogP contribution in [0.4, 0.5) is 11.4 Å². The van der Waals surface area contributed by atoms with Crippen molar-refractivity contribution in [2.45, 2.75) is 13.5 Å². The second-order valence-electron chi connectivity index (χ2n) is 4.51. The lowest BCUT2D eigenvalue weighted by Gasteiger charge is -2.11. The molecule has 5 N–H and O–H groups in total. The number of aryl methyl sites for hydroxylation is 1. The number of nitrogen functional groups attached to an aromatic ring is 1. The molecule has 2 aromatic carbocycles. The number of rotatable bonds is 4. The zero-order valence-corrected chi connectivity index (χ0v) is 10.8. The van der Waals surface area contributed by atoms with E-state index >= 15 is 0 Å². The lowest BCUT2D eigenvalue weighted by atomic mass is 10.1. The first kappa shape index (κ1) is 13.0. The first-order chi connectivity index (χ1) is 9.06. The van der Waals surface area contributed by atoms with Gasteiger partial charge in [0, 0.05) is 17.9 Å². The third-order valence-corrected chi connectivity index (χ3v) is 2.87. The maximum absolute atomic E-state index is 11.4. The normalized spacial score (nSPS) is 10.2. The van der Waals surface area contributed by atoms with E-state index in [0.29, 0.717) is 12.1 Å². The van der Waals surface area contributed by atoms with E-state index in [4.69, 9.17) is 11.5 Å². The molecule has 1 amide bonds. The highest BCUT2D eigenvalue weighted by Crippen LogP contribution is 2.18. The second kappa shape index (κ2) is 5.44. The summed E-state index contributed by atoms with van der Waals surface area (Å²) in [6, 6.07) is 13.1. The molecule has 98 valence electrons. The number of anilines is 2. The molecule has 0 aliphatic carbocycles. The predicted octanol–water partition coefficient (Wildman–Crippen LogP) is 2.29. The van der Waals surface area contributed by atoms with Crippen LogP contribution in [0, 0.1) is 6.92 Å². The van der Waals surface area contributed by atoms with Crippen LogP contribution in [0.15, 0.2) is 42.5 Å². The number of carbonyl (C=O) groups is 1. The van der Waals surface area contributed by atoms with Crippen LogP contribution in [0.5, 0.6) is 0 Å². The Bertz CT molecular complexity index is 608. The van der Waals surface area contributed by atoms with Crippen molar-refractivity contribution in [1.29, 1.82) is 0 Å². The Labute approximate surface area is 112 Å². The molecule has 0 bridgehead atoms. The highest BCUT2D eigenvalue weighted by Gasteiger charge is 2.07. The van der Waals surface area contributed by atoms with E-state index in [2.05, 4.69) is 5.32 Å². The molecule has 0 atom stereocenters. The molecule has 0 aromatic heterocycles. The molecule has 4 heteroatoms. The molecule has 2 aromatic rings. The van der Waals surface area contributed by atoms with Gasteiger partial charge in [-0.1, -0.05) is 18.2 Å². The monoisotopic (exact) mass is 255 g/mol. The van der Waals surface area contributed by atoms with Gasteiger partial charge >= 0.3 is 0 Å². The van der Waals surface area contributed by atoms with Gasteiger partial charge in [-0.2, -0.15) is 0 Å². The number of hydrogen-bond acceptors (Lipinski definition) is 3. The minimum absolute atomic E-state index is 0.435. The number of nitrogens with one attached hydrogen (secondary N) is 1. The van der Waals surface area contributed by atoms with Gasteiger partial charge in [-0.3, -0.25) is 4.79 Å². The zero-order valence-electron chi connectivity index (χ0n) is 10.8. The maximum Gasteiger partial charge on any atom is 0.250 e. The van der Waals surface area contributed by atoms with E-state index in [1.807, 2.05) is 43.3 Å². The van der Waals surface area contributed by atoms with Crippen molar-refractivity contribution < 1.29 is 4.79 Å². The van der Waals surface area contributed by atoms with Crippen molar-refractivity contribution in [3.05, 3.63) is 59.2 Å². The van der Waals surface area contributed by atoms with E-state index < -0.39 is 5.91 Å². The lowest BCUT2D eigenvalue weighted by molar-refractivity contribution is 0.100. The second-order valence-corrected chi connectivity index (χ2v) is 4.51. The van der Waals surface area contributed by atoms with Crippen LogP contribution >= 0.6 is 0 Å². The summed E-state index contributed by atoms with van der Waals surface area (Å²) in [7, 11) is 0. The third-order valence-electron chi connectivity index (χ3n) is 2.87. The van der Waals surface area contributed by atoms with Gasteiger partial charge in [0.25, 0.3) is 5.91 Å². The summed E-state index contributed by atoms with van der Waals surface area (Å²) in [5.74, 6) is -0.435. The molecule has 0 aliphatic rings. The van der Waals surface area contributed by atoms with Crippen LogP contribution in [0.2, 0.25) is 0 Å². The quantitative estimate of drug-likeness (QED) is 0.733. The summed E-state index contributed by atoms with van der Waals surface area (Å²) in [5.41, 5.74) is 15.2. The van der Waals surface area contributed by atoms with Crippen molar-refractivity contribution in [2.24, 2.45) is 5.73 Å². The van der Waals surface area contributed by atoms with E-state index in [9.17, 15) is 4.79 Å². The predicted molar refractivity (Wildman–Crippen MR) is 77.9 cm³/mol. The molecule has 19 heavy (non-hydrogen) atoms. The van der Waals surface area contributed by atoms with E-state index in [-0.39, 0.29) is 0 Å². The molecule has 0 saturated heterocycles. The summed E-state index contributed by atoms with van der Waals surface area (Å²) in [4.78, 5) is 11.4. The first-order valence-corrected chi connectivity index (χ1v) is 6.05. The number of amides is 1. The summed E-state index contributed by atoms with van der Waals surface area (Å²) >= 11 is 0. The van der Waals surface area contributed by atoms with E-state index in [1.54, 1.807) is 6.07 Å². The standard InChI is InChI=1S/C15H17N3O/c1-10-5-6-13(15(17)19)14(7-10)18-9-11-3-2-4-12(16)8-11/h2-8,18H,9,16H2,1H3,(H2,17,19). The molecule has 0 saturated carbocycles. The Morgan fingerprint density at radius 3 is 2.68 bits per heavy atom. The minimum atomic E-state index is -0.435. The SMILES string of the molecule is Cc1ccc(C(N)=O)c(NCc2cccc(N)c2)c1. The fourth-order valence-corrected chi connectivity index (χ4v) is 1.92. The van der Waals surface area contributed by atoms with Crippen molar-refractivity contribution in [2.75, 3.05) is 11.1 Å². The molecule has 0 radical (unpaired) electrons. The van der Waals surface area contributed by atoms with Gasteiger partial charge < -0.3 is 16.8 Å². The first-order valence-electron chi connectivity index (χ1n) is 6.05. The van der Waals surface area contributed by atoms with Crippen LogP contribution < -0.4 is 16.8 Å². The van der Waals surface area contributed by atoms with Gasteiger partial charge in [0.05, 0.1) is 5.56 Å². The Morgan fingerprint density at radius 2 is 2.00 bits per heavy atom. The van der Waals surface area contributed by atoms with E-state index in [0.717, 1.165) is 22.5 Å². The molecular weight excluding hydrogens is 238 g/mol. The molecule has 0 heterocycles. The number of nitrogens with two attached hydrogens (primary N) is 2. The van der Waals surface area contributed by atoms with Gasteiger partial charge in [0.1, 0.15) is 0 Å². The number of benzene rings is 2. The van der Waals surface area contributed by atoms with Crippen LogP contribution in [0.25, 0.3) is 0 Å². The largest absolute Gasteiger partial charge is 0.399 e. The number of hydrogen-bond donors (Lipinski definition) is 3. The fraction of sp³-hybridized carbons (Fsp3) is 0.133. The van der Waals surface area contributed by atoms with Crippen molar-refractivity contribution in [1.82, 2.24) is 0 Å². The smallest absolute Gasteiger partial charge is 0.250 e. The number of carbonyl (C=O) groups excluding carboxylic acids is 1. The fourth-order valence-electron chi connectivity index (χ4n) is 1.92. The van der Waals surface area contributed by atoms with Crippen LogP contribution in [0.1, 0.15) is 21.5 Å². The highest BCUT2D eigenvalue weighted by molar-refractivity contribution is 5.98. The summed E-state index contributed by atoms with van der Waals surface area (Å²) in [5, 5.41) is 3.22. The van der Waals surface area contributed by atoms with Gasteiger partial charge in [-0.15, -0.1) is 0 Å². The molecule has 4 nitrogen and oxygen atoms in total. The Balaban J connectivity index is 2.19. The number of primary amides is 1. The summed E-state index contributed by atoms with van der Waals surface area (Å²) < 4.78 is 0. The maximum atomic E-state index is 11.4. The van der Waals surface area contributed by atoms with Crippen LogP contribution in [-0.4, -0.2) is 5.91 Å². The topological polar surface area (TPSA) is 81.1 Å². The molecule has 0 unspecified atom stereocenters. The summed E-state index contributed by atoms with van der Waals surface area (Å²) in [6.07, 6.45) is 0. The van der Waals surface area contributed by atoms with Crippen molar-refractivity contribution >= 4 is 17.3 Å². The lowest BCUT2D eigenvalue weighted by Crippen LogP contribution is -2.14. The Morgan fingerprint density at radius 1 is 1.21 bits per heavy atom. The molecule has 0 spiro atoms. The summed E-state index contributed by atoms with van der Waals surface area (Å²) in [6.45, 7) is 2.56. The Hall–Kier alpha value is -2.49. The molecule has 0 fully saturated rings. The highest BCUT2D eigenvalue weighted by atomic mass is 16.1. The van der Waals surface area contributed by atoms with Crippen LogP contribution in [0.3, 0.4) is 0 Å². The molecule has 2 rings (SSSR count). The average molecular weight is 255 g/mol. The van der Waals surface area contributed by atoms with Gasteiger partial charge in [0.2, 0.25) is 0 Å².